The number of nitrogens with zero attached hydrogens (tertiary/aromatic N) is 5. The molecule has 2 aromatic rings. The fourth-order valence-corrected chi connectivity index (χ4v) is 4.93. The number of ether oxygens (including phenoxy) is 1. The van der Waals surface area contributed by atoms with Crippen molar-refractivity contribution >= 4 is 11.8 Å². The van der Waals surface area contributed by atoms with E-state index in [4.69, 9.17) is 4.74 Å². The van der Waals surface area contributed by atoms with Crippen LogP contribution in [0.3, 0.4) is 0 Å². The van der Waals surface area contributed by atoms with Crippen LogP contribution in [0, 0.1) is 0 Å². The lowest BCUT2D eigenvalue weighted by Crippen LogP contribution is -2.55. The van der Waals surface area contributed by atoms with Crippen LogP contribution in [0.25, 0.3) is 0 Å². The predicted molar refractivity (Wildman–Crippen MR) is 109 cm³/mol. The van der Waals surface area contributed by atoms with E-state index >= 15 is 0 Å². The summed E-state index contributed by atoms with van der Waals surface area (Å²) in [7, 11) is 0. The minimum atomic E-state index is -0.618. The van der Waals surface area contributed by atoms with Crippen molar-refractivity contribution in [3.8, 4) is 0 Å². The van der Waals surface area contributed by atoms with Crippen molar-refractivity contribution in [2.45, 2.75) is 50.4 Å². The molecule has 0 radical (unpaired) electrons. The molecule has 8 heteroatoms. The molecule has 5 heterocycles. The summed E-state index contributed by atoms with van der Waals surface area (Å²) >= 11 is 0. The topological polar surface area (TPSA) is 80.6 Å². The Kier molecular flexibility index (Phi) is 5.02. The number of likely N-dealkylation sites (tertiary alicyclic amines) is 2. The van der Waals surface area contributed by atoms with E-state index in [-0.39, 0.29) is 11.8 Å². The first-order valence-electron chi connectivity index (χ1n) is 10.8. The zero-order valence-corrected chi connectivity index (χ0v) is 17.1. The van der Waals surface area contributed by atoms with Gasteiger partial charge in [-0.1, -0.05) is 0 Å². The molecule has 5 rings (SSSR count). The highest BCUT2D eigenvalue weighted by Gasteiger charge is 2.48. The van der Waals surface area contributed by atoms with Crippen molar-refractivity contribution < 1.29 is 14.3 Å². The van der Waals surface area contributed by atoms with Crippen LogP contribution >= 0.6 is 0 Å². The first-order valence-corrected chi connectivity index (χ1v) is 10.8. The summed E-state index contributed by atoms with van der Waals surface area (Å²) in [6.07, 6.45) is 11.1. The predicted octanol–water partition coefficient (Wildman–Crippen LogP) is 1.82. The molecule has 2 fully saturated rings. The zero-order chi connectivity index (χ0) is 20.6. The third-order valence-electron chi connectivity index (χ3n) is 6.58. The van der Waals surface area contributed by atoms with E-state index in [2.05, 4.69) is 14.5 Å². The Morgan fingerprint density at radius 2 is 1.70 bits per heavy atom. The number of hydrogen-bond acceptors (Lipinski definition) is 5. The zero-order valence-electron chi connectivity index (χ0n) is 17.1. The highest BCUT2D eigenvalue weighted by atomic mass is 16.5. The quantitative estimate of drug-likeness (QED) is 0.756. The van der Waals surface area contributed by atoms with E-state index in [0.29, 0.717) is 38.0 Å². The maximum absolute atomic E-state index is 13.2. The molecule has 0 aliphatic carbocycles. The second-order valence-corrected chi connectivity index (χ2v) is 8.42. The average Bonchev–Trinajstić information content (AvgIpc) is 3.30. The van der Waals surface area contributed by atoms with E-state index in [0.717, 1.165) is 31.8 Å². The van der Waals surface area contributed by atoms with Crippen LogP contribution in [0.15, 0.2) is 36.9 Å². The molecule has 1 atom stereocenters. The van der Waals surface area contributed by atoms with Crippen LogP contribution in [-0.2, 0) is 21.7 Å². The van der Waals surface area contributed by atoms with Crippen molar-refractivity contribution in [3.05, 3.63) is 48.3 Å². The lowest BCUT2D eigenvalue weighted by Gasteiger charge is -2.46. The number of carbonyl (C=O) groups excluding carboxylic acids is 2. The minimum absolute atomic E-state index is 0.00680. The van der Waals surface area contributed by atoms with Gasteiger partial charge < -0.3 is 19.1 Å². The number of pyridine rings is 1. The van der Waals surface area contributed by atoms with Gasteiger partial charge in [0, 0.05) is 69.4 Å². The summed E-state index contributed by atoms with van der Waals surface area (Å²) in [6, 6.07) is 3.48. The van der Waals surface area contributed by atoms with Crippen LogP contribution < -0.4 is 0 Å². The van der Waals surface area contributed by atoms with Gasteiger partial charge in [0.15, 0.2) is 6.10 Å². The molecule has 3 aliphatic rings. The number of carbonyl (C=O) groups is 2. The number of fused-ring (bicyclic) bond motifs is 2. The van der Waals surface area contributed by atoms with Gasteiger partial charge >= 0.3 is 0 Å². The first-order chi connectivity index (χ1) is 14.7. The Bertz CT molecular complexity index is 914. The molecule has 0 unspecified atom stereocenters. The molecule has 2 aromatic heterocycles. The number of aromatic nitrogens is 3. The van der Waals surface area contributed by atoms with Crippen molar-refractivity contribution in [1.29, 1.82) is 0 Å². The normalized spacial score (nSPS) is 23.3. The van der Waals surface area contributed by atoms with E-state index in [9.17, 15) is 9.59 Å². The van der Waals surface area contributed by atoms with E-state index in [1.165, 1.54) is 6.42 Å². The molecule has 3 aliphatic heterocycles. The Balaban J connectivity index is 1.33. The summed E-state index contributed by atoms with van der Waals surface area (Å²) in [5, 5.41) is 0. The number of hydrogen-bond donors (Lipinski definition) is 0. The number of amides is 2. The highest BCUT2D eigenvalue weighted by Crippen LogP contribution is 2.40. The molecule has 158 valence electrons. The molecule has 2 saturated heterocycles. The fraction of sp³-hybridized carbons (Fsp3) is 0.545. The number of imidazole rings is 1. The van der Waals surface area contributed by atoms with E-state index < -0.39 is 11.7 Å². The van der Waals surface area contributed by atoms with Gasteiger partial charge in [-0.15, -0.1) is 0 Å². The van der Waals surface area contributed by atoms with Crippen LogP contribution in [0.2, 0.25) is 0 Å². The lowest BCUT2D eigenvalue weighted by atomic mass is 9.88. The third-order valence-corrected chi connectivity index (χ3v) is 6.58. The molecular weight excluding hydrogens is 382 g/mol. The summed E-state index contributed by atoms with van der Waals surface area (Å²) in [5.41, 5.74) is 0.0255. The van der Waals surface area contributed by atoms with Crippen LogP contribution in [-0.4, -0.2) is 68.4 Å². The Hall–Kier alpha value is -2.74. The lowest BCUT2D eigenvalue weighted by molar-refractivity contribution is -0.180. The molecular formula is C22H27N5O3. The Labute approximate surface area is 175 Å². The molecule has 1 spiro atoms. The van der Waals surface area contributed by atoms with Gasteiger partial charge in [0.05, 0.1) is 6.54 Å². The first kappa shape index (κ1) is 19.2. The second kappa shape index (κ2) is 7.83. The van der Waals surface area contributed by atoms with Gasteiger partial charge in [0.2, 0.25) is 0 Å². The van der Waals surface area contributed by atoms with Crippen molar-refractivity contribution in [1.82, 2.24) is 24.3 Å². The van der Waals surface area contributed by atoms with Crippen molar-refractivity contribution in [3.63, 3.8) is 0 Å². The second-order valence-electron chi connectivity index (χ2n) is 8.42. The largest absolute Gasteiger partial charge is 0.352 e. The molecule has 0 bridgehead atoms. The van der Waals surface area contributed by atoms with Crippen molar-refractivity contribution in [2.75, 3.05) is 26.2 Å². The monoisotopic (exact) mass is 409 g/mol. The highest BCUT2D eigenvalue weighted by molar-refractivity contribution is 5.94. The molecule has 8 nitrogen and oxygen atoms in total. The molecule has 0 saturated carbocycles. The SMILES string of the molecule is O=C(c1ccncc1)N1CCC2(CC1)O[C@H](C(=O)N1CCCCC1)Cn1ccnc12. The van der Waals surface area contributed by atoms with Crippen LogP contribution in [0.4, 0.5) is 0 Å². The van der Waals surface area contributed by atoms with E-state index in [1.54, 1.807) is 30.7 Å². The smallest absolute Gasteiger partial charge is 0.253 e. The van der Waals surface area contributed by atoms with Crippen LogP contribution in [0.5, 0.6) is 0 Å². The van der Waals surface area contributed by atoms with Gasteiger partial charge in [-0.25, -0.2) is 4.98 Å². The Morgan fingerprint density at radius 3 is 2.43 bits per heavy atom. The van der Waals surface area contributed by atoms with Gasteiger partial charge in [0.25, 0.3) is 11.8 Å². The minimum Gasteiger partial charge on any atom is -0.352 e. The molecule has 0 N–H and O–H groups in total. The maximum atomic E-state index is 13.2. The average molecular weight is 409 g/mol. The summed E-state index contributed by atoms with van der Waals surface area (Å²) < 4.78 is 8.59. The molecule has 30 heavy (non-hydrogen) atoms. The van der Waals surface area contributed by atoms with Gasteiger partial charge in [-0.05, 0) is 31.4 Å². The molecule has 0 aromatic carbocycles. The van der Waals surface area contributed by atoms with Gasteiger partial charge in [-0.3, -0.25) is 14.6 Å². The fourth-order valence-electron chi connectivity index (χ4n) is 4.93. The van der Waals surface area contributed by atoms with Crippen molar-refractivity contribution in [2.24, 2.45) is 0 Å². The number of piperidine rings is 2. The Morgan fingerprint density at radius 1 is 0.967 bits per heavy atom. The summed E-state index contributed by atoms with van der Waals surface area (Å²) in [6.45, 7) is 3.27. The maximum Gasteiger partial charge on any atom is 0.253 e. The van der Waals surface area contributed by atoms with Crippen LogP contribution in [0.1, 0.15) is 48.3 Å². The molecule has 2 amide bonds. The van der Waals surface area contributed by atoms with Gasteiger partial charge in [-0.2, -0.15) is 0 Å². The number of rotatable bonds is 2. The summed E-state index contributed by atoms with van der Waals surface area (Å²) in [4.78, 5) is 38.3. The standard InChI is InChI=1S/C22H27N5O3/c28-19(17-4-8-23-9-5-17)26-13-6-22(7-14-26)21-24-10-15-27(21)16-18(30-22)20(29)25-11-2-1-3-12-25/h4-5,8-10,15,18H,1-3,6-7,11-14,16H2/t18-/m0/s1. The van der Waals surface area contributed by atoms with Gasteiger partial charge in [0.1, 0.15) is 11.4 Å². The van der Waals surface area contributed by atoms with E-state index in [1.807, 2.05) is 16.0 Å². The third kappa shape index (κ3) is 3.39. The summed E-state index contributed by atoms with van der Waals surface area (Å²) in [5.74, 6) is 0.970.